The lowest BCUT2D eigenvalue weighted by Crippen LogP contribution is -2.38. The molecule has 0 bridgehead atoms. The molecule has 1 fully saturated rings. The number of rotatable bonds is 5. The number of carbonyl (C=O) groups is 1. The van der Waals surface area contributed by atoms with Crippen molar-refractivity contribution in [2.45, 2.75) is 19.3 Å². The van der Waals surface area contributed by atoms with E-state index in [1.807, 2.05) is 0 Å². The van der Waals surface area contributed by atoms with E-state index in [4.69, 9.17) is 5.11 Å². The number of hydrogen-bond acceptors (Lipinski definition) is 6. The molecule has 1 saturated heterocycles. The fourth-order valence-corrected chi connectivity index (χ4v) is 3.92. The van der Waals surface area contributed by atoms with Crippen LogP contribution in [0.15, 0.2) is 30.9 Å². The molecule has 3 rings (SSSR count). The van der Waals surface area contributed by atoms with Gasteiger partial charge in [-0.05, 0) is 31.2 Å². The van der Waals surface area contributed by atoms with E-state index in [1.165, 1.54) is 22.8 Å². The van der Waals surface area contributed by atoms with Crippen molar-refractivity contribution >= 4 is 16.0 Å². The summed E-state index contributed by atoms with van der Waals surface area (Å²) in [5.41, 5.74) is 2.11. The van der Waals surface area contributed by atoms with E-state index in [0.29, 0.717) is 30.3 Å². The van der Waals surface area contributed by atoms with Gasteiger partial charge in [-0.2, -0.15) is 0 Å². The molecule has 0 unspecified atom stereocenters. The Kier molecular flexibility index (Phi) is 5.28. The second kappa shape index (κ2) is 7.46. The Labute approximate surface area is 152 Å². The van der Waals surface area contributed by atoms with Crippen molar-refractivity contribution in [1.82, 2.24) is 19.3 Å². The summed E-state index contributed by atoms with van der Waals surface area (Å²) < 4.78 is 24.6. The van der Waals surface area contributed by atoms with Crippen LogP contribution in [0.25, 0.3) is 11.3 Å². The standard InChI is InChI=1S/C17H20N4O4S/c1-26(24,25)21-4-2-12(3-5-21)6-15-10-20-16(11-19-15)13-7-14(17(22)23)9-18-8-13/h7-12H,2-6H2,1H3,(H,22,23). The first-order chi connectivity index (χ1) is 12.3. The van der Waals surface area contributed by atoms with Crippen LogP contribution in [0.3, 0.4) is 0 Å². The Morgan fingerprint density at radius 3 is 2.50 bits per heavy atom. The first-order valence-electron chi connectivity index (χ1n) is 8.27. The SMILES string of the molecule is CS(=O)(=O)N1CCC(Cc2cnc(-c3cncc(C(=O)O)c3)cn2)CC1. The van der Waals surface area contributed by atoms with E-state index in [2.05, 4.69) is 15.0 Å². The van der Waals surface area contributed by atoms with E-state index in [9.17, 15) is 13.2 Å². The van der Waals surface area contributed by atoms with Gasteiger partial charge >= 0.3 is 5.97 Å². The number of carboxylic acids is 1. The zero-order chi connectivity index (χ0) is 18.7. The summed E-state index contributed by atoms with van der Waals surface area (Å²) in [6.45, 7) is 1.09. The number of carboxylic acid groups (broad SMARTS) is 1. The molecule has 26 heavy (non-hydrogen) atoms. The lowest BCUT2D eigenvalue weighted by Gasteiger charge is -2.29. The number of piperidine rings is 1. The van der Waals surface area contributed by atoms with Crippen molar-refractivity contribution in [1.29, 1.82) is 0 Å². The van der Waals surface area contributed by atoms with Gasteiger partial charge in [0.05, 0.1) is 29.4 Å². The molecule has 0 amide bonds. The third kappa shape index (κ3) is 4.41. The molecule has 3 heterocycles. The molecular weight excluding hydrogens is 356 g/mol. The molecule has 0 spiro atoms. The predicted molar refractivity (Wildman–Crippen MR) is 95.1 cm³/mol. The molecule has 8 nitrogen and oxygen atoms in total. The summed E-state index contributed by atoms with van der Waals surface area (Å²) in [5, 5.41) is 9.03. The molecule has 138 valence electrons. The Balaban J connectivity index is 1.64. The Morgan fingerprint density at radius 1 is 1.19 bits per heavy atom. The van der Waals surface area contributed by atoms with Crippen molar-refractivity contribution in [2.24, 2.45) is 5.92 Å². The topological polar surface area (TPSA) is 113 Å². The van der Waals surface area contributed by atoms with Crippen LogP contribution in [0.5, 0.6) is 0 Å². The average molecular weight is 376 g/mol. The first kappa shape index (κ1) is 18.4. The minimum absolute atomic E-state index is 0.103. The molecule has 1 aliphatic heterocycles. The second-order valence-corrected chi connectivity index (χ2v) is 8.45. The smallest absolute Gasteiger partial charge is 0.337 e. The van der Waals surface area contributed by atoms with Crippen LogP contribution in [-0.2, 0) is 16.4 Å². The molecule has 0 aliphatic carbocycles. The highest BCUT2D eigenvalue weighted by molar-refractivity contribution is 7.88. The monoisotopic (exact) mass is 376 g/mol. The number of sulfonamides is 1. The third-order valence-electron chi connectivity index (χ3n) is 4.53. The predicted octanol–water partition coefficient (Wildman–Crippen LogP) is 1.45. The molecule has 2 aromatic rings. The lowest BCUT2D eigenvalue weighted by atomic mass is 9.93. The van der Waals surface area contributed by atoms with Crippen LogP contribution in [0.2, 0.25) is 0 Å². The van der Waals surface area contributed by atoms with Gasteiger partial charge in [-0.25, -0.2) is 17.5 Å². The van der Waals surface area contributed by atoms with Crippen LogP contribution in [0.1, 0.15) is 28.9 Å². The molecule has 0 atom stereocenters. The van der Waals surface area contributed by atoms with Crippen LogP contribution in [-0.4, -0.2) is 58.1 Å². The van der Waals surface area contributed by atoms with Crippen molar-refractivity contribution in [3.8, 4) is 11.3 Å². The van der Waals surface area contributed by atoms with Gasteiger partial charge in [0.1, 0.15) is 0 Å². The minimum atomic E-state index is -3.11. The molecule has 1 aliphatic rings. The van der Waals surface area contributed by atoms with Gasteiger partial charge in [0.2, 0.25) is 10.0 Å². The van der Waals surface area contributed by atoms with Crippen LogP contribution in [0, 0.1) is 5.92 Å². The molecular formula is C17H20N4O4S. The molecule has 0 saturated carbocycles. The summed E-state index contributed by atoms with van der Waals surface area (Å²) in [5.74, 6) is -0.658. The average Bonchev–Trinajstić information content (AvgIpc) is 2.62. The van der Waals surface area contributed by atoms with E-state index in [-0.39, 0.29) is 5.56 Å². The molecule has 0 aromatic carbocycles. The maximum atomic E-state index is 11.6. The van der Waals surface area contributed by atoms with Crippen molar-refractivity contribution in [3.63, 3.8) is 0 Å². The molecule has 9 heteroatoms. The fourth-order valence-electron chi connectivity index (χ4n) is 3.05. The van der Waals surface area contributed by atoms with Crippen molar-refractivity contribution in [3.05, 3.63) is 42.1 Å². The van der Waals surface area contributed by atoms with Crippen LogP contribution >= 0.6 is 0 Å². The van der Waals surface area contributed by atoms with E-state index >= 15 is 0 Å². The van der Waals surface area contributed by atoms with Crippen molar-refractivity contribution in [2.75, 3.05) is 19.3 Å². The summed E-state index contributed by atoms with van der Waals surface area (Å²) in [7, 11) is -3.11. The van der Waals surface area contributed by atoms with Gasteiger partial charge in [0.15, 0.2) is 0 Å². The number of aromatic nitrogens is 3. The molecule has 2 aromatic heterocycles. The Bertz CT molecular complexity index is 891. The quantitative estimate of drug-likeness (QED) is 0.840. The fraction of sp³-hybridized carbons (Fsp3) is 0.412. The summed E-state index contributed by atoms with van der Waals surface area (Å²) in [6, 6.07) is 1.51. The third-order valence-corrected chi connectivity index (χ3v) is 5.83. The number of nitrogens with zero attached hydrogens (tertiary/aromatic N) is 4. The van der Waals surface area contributed by atoms with Gasteiger partial charge < -0.3 is 5.11 Å². The van der Waals surface area contributed by atoms with Gasteiger partial charge in [0.25, 0.3) is 0 Å². The van der Waals surface area contributed by atoms with E-state index in [0.717, 1.165) is 25.0 Å². The normalized spacial score (nSPS) is 16.5. The number of pyridine rings is 1. The number of aromatic carboxylic acids is 1. The van der Waals surface area contributed by atoms with Crippen molar-refractivity contribution < 1.29 is 18.3 Å². The van der Waals surface area contributed by atoms with Gasteiger partial charge in [0, 0.05) is 37.2 Å². The summed E-state index contributed by atoms with van der Waals surface area (Å²) >= 11 is 0. The van der Waals surface area contributed by atoms with Gasteiger partial charge in [-0.1, -0.05) is 0 Å². The zero-order valence-corrected chi connectivity index (χ0v) is 15.2. The summed E-state index contributed by atoms with van der Waals surface area (Å²) in [6.07, 6.45) is 9.75. The van der Waals surface area contributed by atoms with Crippen LogP contribution < -0.4 is 0 Å². The van der Waals surface area contributed by atoms with Gasteiger partial charge in [-0.3, -0.25) is 15.0 Å². The Hall–Kier alpha value is -2.39. The highest BCUT2D eigenvalue weighted by Gasteiger charge is 2.25. The maximum absolute atomic E-state index is 11.6. The summed E-state index contributed by atoms with van der Waals surface area (Å²) in [4.78, 5) is 23.7. The first-order valence-corrected chi connectivity index (χ1v) is 10.1. The number of hydrogen-bond donors (Lipinski definition) is 1. The van der Waals surface area contributed by atoms with Gasteiger partial charge in [-0.15, -0.1) is 0 Å². The van der Waals surface area contributed by atoms with E-state index in [1.54, 1.807) is 18.6 Å². The largest absolute Gasteiger partial charge is 0.478 e. The molecule has 1 N–H and O–H groups in total. The second-order valence-electron chi connectivity index (χ2n) is 6.47. The zero-order valence-electron chi connectivity index (χ0n) is 14.4. The lowest BCUT2D eigenvalue weighted by molar-refractivity contribution is 0.0696. The minimum Gasteiger partial charge on any atom is -0.478 e. The maximum Gasteiger partial charge on any atom is 0.337 e. The van der Waals surface area contributed by atoms with Crippen LogP contribution in [0.4, 0.5) is 0 Å². The highest BCUT2D eigenvalue weighted by Crippen LogP contribution is 2.23. The highest BCUT2D eigenvalue weighted by atomic mass is 32.2. The molecule has 0 radical (unpaired) electrons. The Morgan fingerprint density at radius 2 is 1.92 bits per heavy atom. The van der Waals surface area contributed by atoms with E-state index < -0.39 is 16.0 Å².